The fraction of sp³-hybridized carbons (Fsp3) is 0.250. The van der Waals surface area contributed by atoms with Crippen LogP contribution >= 0.6 is 0 Å². The number of benzene rings is 2. The smallest absolute Gasteiger partial charge is 0.259 e. The number of carbonyl (C=O) groups excluding carboxylic acids is 2. The Bertz CT molecular complexity index is 865. The van der Waals surface area contributed by atoms with E-state index in [1.165, 1.54) is 6.21 Å². The molecule has 0 saturated carbocycles. The van der Waals surface area contributed by atoms with Gasteiger partial charge in [-0.3, -0.25) is 9.59 Å². The fourth-order valence-corrected chi connectivity index (χ4v) is 2.39. The zero-order valence-corrected chi connectivity index (χ0v) is 15.4. The number of amides is 2. The van der Waals surface area contributed by atoms with Crippen LogP contribution in [0, 0.1) is 0 Å². The molecular formula is C20H21N3O5. The molecule has 0 unspecified atom stereocenters. The van der Waals surface area contributed by atoms with Gasteiger partial charge in [0.1, 0.15) is 5.75 Å². The van der Waals surface area contributed by atoms with Gasteiger partial charge in [0.2, 0.25) is 6.79 Å². The van der Waals surface area contributed by atoms with E-state index in [4.69, 9.17) is 14.2 Å². The minimum Gasteiger partial charge on any atom is -0.494 e. The highest BCUT2D eigenvalue weighted by atomic mass is 16.7. The van der Waals surface area contributed by atoms with Gasteiger partial charge in [-0.25, -0.2) is 5.43 Å². The standard InChI is InChI=1S/C20H21N3O5/c1-2-9-26-16-6-3-14(4-7-16)11-22-23-19(24)12-21-20(25)15-5-8-17-18(10-15)28-13-27-17/h3-8,10-11H,2,9,12-13H2,1H3,(H,21,25)(H,23,24)/b22-11+. The quantitative estimate of drug-likeness (QED) is 0.537. The average molecular weight is 383 g/mol. The van der Waals surface area contributed by atoms with Gasteiger partial charge in [0, 0.05) is 5.56 Å². The Kier molecular flexibility index (Phi) is 6.46. The number of hydrogen-bond acceptors (Lipinski definition) is 6. The van der Waals surface area contributed by atoms with Crippen molar-refractivity contribution in [1.82, 2.24) is 10.7 Å². The van der Waals surface area contributed by atoms with Crippen LogP contribution in [0.15, 0.2) is 47.6 Å². The largest absolute Gasteiger partial charge is 0.494 e. The molecular weight excluding hydrogens is 362 g/mol. The normalized spacial score (nSPS) is 12.0. The summed E-state index contributed by atoms with van der Waals surface area (Å²) in [4.78, 5) is 23.9. The Morgan fingerprint density at radius 3 is 2.71 bits per heavy atom. The predicted octanol–water partition coefficient (Wildman–Crippen LogP) is 2.08. The second-order valence-electron chi connectivity index (χ2n) is 5.96. The van der Waals surface area contributed by atoms with Crippen molar-refractivity contribution in [3.63, 3.8) is 0 Å². The van der Waals surface area contributed by atoms with Crippen LogP contribution in [-0.4, -0.2) is 38.0 Å². The summed E-state index contributed by atoms with van der Waals surface area (Å²) >= 11 is 0. The van der Waals surface area contributed by atoms with Gasteiger partial charge in [0.25, 0.3) is 11.8 Å². The molecule has 8 heteroatoms. The molecule has 0 aromatic heterocycles. The Morgan fingerprint density at radius 1 is 1.14 bits per heavy atom. The number of nitrogens with one attached hydrogen (secondary N) is 2. The molecule has 2 aromatic rings. The van der Waals surface area contributed by atoms with Crippen molar-refractivity contribution in [2.45, 2.75) is 13.3 Å². The molecule has 0 aliphatic carbocycles. The van der Waals surface area contributed by atoms with Crippen molar-refractivity contribution in [3.8, 4) is 17.2 Å². The van der Waals surface area contributed by atoms with Crippen LogP contribution in [-0.2, 0) is 4.79 Å². The van der Waals surface area contributed by atoms with Gasteiger partial charge in [-0.1, -0.05) is 6.92 Å². The fourth-order valence-electron chi connectivity index (χ4n) is 2.39. The summed E-state index contributed by atoms with van der Waals surface area (Å²) in [6, 6.07) is 12.2. The molecule has 0 atom stereocenters. The average Bonchev–Trinajstić information content (AvgIpc) is 3.19. The molecule has 0 bridgehead atoms. The maximum atomic E-state index is 12.1. The van der Waals surface area contributed by atoms with Gasteiger partial charge in [-0.2, -0.15) is 5.10 Å². The van der Waals surface area contributed by atoms with Crippen molar-refractivity contribution in [2.75, 3.05) is 19.9 Å². The molecule has 1 aliphatic heterocycles. The van der Waals surface area contributed by atoms with Crippen molar-refractivity contribution in [1.29, 1.82) is 0 Å². The number of fused-ring (bicyclic) bond motifs is 1. The minimum atomic E-state index is -0.437. The molecule has 2 N–H and O–H groups in total. The minimum absolute atomic E-state index is 0.134. The van der Waals surface area contributed by atoms with Gasteiger partial charge in [-0.15, -0.1) is 0 Å². The van der Waals surface area contributed by atoms with Crippen LogP contribution < -0.4 is 25.0 Å². The second-order valence-corrected chi connectivity index (χ2v) is 5.96. The molecule has 3 rings (SSSR count). The van der Waals surface area contributed by atoms with E-state index < -0.39 is 5.91 Å². The Morgan fingerprint density at radius 2 is 1.93 bits per heavy atom. The number of carbonyl (C=O) groups is 2. The zero-order chi connectivity index (χ0) is 19.8. The van der Waals surface area contributed by atoms with Crippen LogP contribution in [0.2, 0.25) is 0 Å². The first-order valence-corrected chi connectivity index (χ1v) is 8.88. The third-order valence-electron chi connectivity index (χ3n) is 3.80. The zero-order valence-electron chi connectivity index (χ0n) is 15.4. The van der Waals surface area contributed by atoms with E-state index in [2.05, 4.69) is 15.8 Å². The molecule has 0 fully saturated rings. The maximum absolute atomic E-state index is 12.1. The van der Waals surface area contributed by atoms with E-state index in [9.17, 15) is 9.59 Å². The monoisotopic (exact) mass is 383 g/mol. The number of ether oxygens (including phenoxy) is 3. The van der Waals surface area contributed by atoms with E-state index in [1.54, 1.807) is 18.2 Å². The summed E-state index contributed by atoms with van der Waals surface area (Å²) in [5.74, 6) is 1.06. The van der Waals surface area contributed by atoms with E-state index in [0.717, 1.165) is 17.7 Å². The van der Waals surface area contributed by atoms with E-state index >= 15 is 0 Å². The molecule has 2 amide bonds. The van der Waals surface area contributed by atoms with E-state index in [1.807, 2.05) is 31.2 Å². The third kappa shape index (κ3) is 5.23. The molecule has 1 aliphatic rings. The summed E-state index contributed by atoms with van der Waals surface area (Å²) in [6.45, 7) is 2.65. The summed E-state index contributed by atoms with van der Waals surface area (Å²) in [5.41, 5.74) is 3.56. The lowest BCUT2D eigenvalue weighted by Gasteiger charge is -2.05. The van der Waals surface area contributed by atoms with Gasteiger partial charge < -0.3 is 19.5 Å². The Labute approximate surface area is 162 Å². The lowest BCUT2D eigenvalue weighted by atomic mass is 10.2. The van der Waals surface area contributed by atoms with Crippen LogP contribution in [0.25, 0.3) is 0 Å². The van der Waals surface area contributed by atoms with Gasteiger partial charge >= 0.3 is 0 Å². The molecule has 0 saturated heterocycles. The van der Waals surface area contributed by atoms with Crippen molar-refractivity contribution in [2.24, 2.45) is 5.10 Å². The van der Waals surface area contributed by atoms with E-state index in [0.29, 0.717) is 23.7 Å². The van der Waals surface area contributed by atoms with Gasteiger partial charge in [0.05, 0.1) is 19.4 Å². The van der Waals surface area contributed by atoms with Crippen molar-refractivity contribution >= 4 is 18.0 Å². The number of rotatable bonds is 8. The highest BCUT2D eigenvalue weighted by molar-refractivity contribution is 5.97. The number of hydrogen-bond donors (Lipinski definition) is 2. The lowest BCUT2D eigenvalue weighted by molar-refractivity contribution is -0.120. The van der Waals surface area contributed by atoms with Crippen LogP contribution in [0.1, 0.15) is 29.3 Å². The molecule has 146 valence electrons. The highest BCUT2D eigenvalue weighted by Crippen LogP contribution is 2.32. The molecule has 0 radical (unpaired) electrons. The first kappa shape index (κ1) is 19.2. The Hall–Kier alpha value is -3.55. The lowest BCUT2D eigenvalue weighted by Crippen LogP contribution is -2.34. The first-order valence-electron chi connectivity index (χ1n) is 8.88. The molecule has 2 aromatic carbocycles. The third-order valence-corrected chi connectivity index (χ3v) is 3.80. The topological polar surface area (TPSA) is 98.2 Å². The van der Waals surface area contributed by atoms with Crippen molar-refractivity contribution < 1.29 is 23.8 Å². The van der Waals surface area contributed by atoms with Crippen LogP contribution in [0.4, 0.5) is 0 Å². The first-order chi connectivity index (χ1) is 13.7. The number of nitrogens with zero attached hydrogens (tertiary/aromatic N) is 1. The second kappa shape index (κ2) is 9.40. The summed E-state index contributed by atoms with van der Waals surface area (Å²) < 4.78 is 15.9. The molecule has 8 nitrogen and oxygen atoms in total. The number of hydrazone groups is 1. The highest BCUT2D eigenvalue weighted by Gasteiger charge is 2.16. The molecule has 1 heterocycles. The Balaban J connectivity index is 1.42. The maximum Gasteiger partial charge on any atom is 0.259 e. The summed E-state index contributed by atoms with van der Waals surface area (Å²) in [6.07, 6.45) is 2.46. The van der Waals surface area contributed by atoms with Crippen molar-refractivity contribution in [3.05, 3.63) is 53.6 Å². The van der Waals surface area contributed by atoms with E-state index in [-0.39, 0.29) is 19.2 Å². The summed E-state index contributed by atoms with van der Waals surface area (Å²) in [5, 5.41) is 6.41. The SMILES string of the molecule is CCCOc1ccc(/C=N/NC(=O)CNC(=O)c2ccc3c(c2)OCO3)cc1. The van der Waals surface area contributed by atoms with Crippen LogP contribution in [0.5, 0.6) is 17.2 Å². The van der Waals surface area contributed by atoms with Gasteiger partial charge in [0.15, 0.2) is 11.5 Å². The van der Waals surface area contributed by atoms with Gasteiger partial charge in [-0.05, 0) is 54.4 Å². The summed E-state index contributed by atoms with van der Waals surface area (Å²) in [7, 11) is 0. The molecule has 28 heavy (non-hydrogen) atoms. The van der Waals surface area contributed by atoms with Crippen LogP contribution in [0.3, 0.4) is 0 Å². The molecule has 0 spiro atoms. The predicted molar refractivity (Wildman–Crippen MR) is 103 cm³/mol.